The maximum absolute atomic E-state index is 12.2. The van der Waals surface area contributed by atoms with Gasteiger partial charge in [-0.15, -0.1) is 11.6 Å². The van der Waals surface area contributed by atoms with Crippen molar-refractivity contribution in [1.82, 2.24) is 20.9 Å². The third kappa shape index (κ3) is 4.91. The van der Waals surface area contributed by atoms with Gasteiger partial charge in [0.2, 0.25) is 0 Å². The first-order valence-electron chi connectivity index (χ1n) is 11.5. The summed E-state index contributed by atoms with van der Waals surface area (Å²) in [5.41, 5.74) is 4.82. The molecule has 2 aliphatic heterocycles. The van der Waals surface area contributed by atoms with Gasteiger partial charge in [-0.05, 0) is 62.8 Å². The summed E-state index contributed by atoms with van der Waals surface area (Å²) in [5.74, 6) is 1.71. The third-order valence-corrected chi connectivity index (χ3v) is 8.33. The second-order valence-corrected chi connectivity index (χ2v) is 10.5. The molecule has 0 spiro atoms. The Bertz CT molecular complexity index is 589. The third-order valence-electron chi connectivity index (χ3n) is 7.72. The number of rotatable bonds is 6. The van der Waals surface area contributed by atoms with Gasteiger partial charge in [0.05, 0.1) is 12.3 Å². The van der Waals surface area contributed by atoms with Crippen molar-refractivity contribution in [2.24, 2.45) is 29.4 Å². The van der Waals surface area contributed by atoms with E-state index in [2.05, 4.69) is 27.8 Å². The van der Waals surface area contributed by atoms with E-state index >= 15 is 0 Å². The van der Waals surface area contributed by atoms with Crippen molar-refractivity contribution in [2.45, 2.75) is 68.8 Å². The fourth-order valence-electron chi connectivity index (χ4n) is 5.30. The first-order chi connectivity index (χ1) is 13.9. The van der Waals surface area contributed by atoms with E-state index in [9.17, 15) is 9.90 Å². The van der Waals surface area contributed by atoms with Gasteiger partial charge in [0, 0.05) is 37.5 Å². The van der Waals surface area contributed by atoms with Crippen LogP contribution < -0.4 is 21.7 Å². The highest BCUT2D eigenvalue weighted by atomic mass is 35.5. The van der Waals surface area contributed by atoms with E-state index in [0.717, 1.165) is 39.0 Å². The van der Waals surface area contributed by atoms with E-state index in [0.29, 0.717) is 37.1 Å². The standard InChI is InChI=1S/C21H38ClN5O2/c1-13-2-3-15(8-17(13)22)18-24-10-16(11-25-20(28)21(29)5-6-21)19(26-18)27-7-4-14(9-23)12-27/h13-19,24,26,29H,2-12,23H2,1H3,(H,25,28). The Kier molecular flexibility index (Phi) is 6.74. The molecule has 2 aliphatic carbocycles. The predicted molar refractivity (Wildman–Crippen MR) is 114 cm³/mol. The first-order valence-corrected chi connectivity index (χ1v) is 11.9. The molecule has 29 heavy (non-hydrogen) atoms. The van der Waals surface area contributed by atoms with E-state index in [1.54, 1.807) is 0 Å². The fraction of sp³-hybridized carbons (Fsp3) is 0.952. The van der Waals surface area contributed by atoms with Gasteiger partial charge in [-0.1, -0.05) is 6.92 Å². The summed E-state index contributed by atoms with van der Waals surface area (Å²) in [6.45, 7) is 6.46. The van der Waals surface area contributed by atoms with Crippen LogP contribution in [-0.2, 0) is 4.79 Å². The molecule has 6 N–H and O–H groups in total. The summed E-state index contributed by atoms with van der Waals surface area (Å²) in [6.07, 6.45) is 6.17. The number of nitrogens with one attached hydrogen (secondary N) is 3. The predicted octanol–water partition coefficient (Wildman–Crippen LogP) is 0.413. The van der Waals surface area contributed by atoms with Crippen LogP contribution in [0.1, 0.15) is 45.4 Å². The summed E-state index contributed by atoms with van der Waals surface area (Å²) in [5, 5.41) is 20.9. The number of halogens is 1. The number of hydrogen-bond acceptors (Lipinski definition) is 6. The van der Waals surface area contributed by atoms with Crippen molar-refractivity contribution in [1.29, 1.82) is 0 Å². The summed E-state index contributed by atoms with van der Waals surface area (Å²) in [6, 6.07) is 0. The van der Waals surface area contributed by atoms with Crippen molar-refractivity contribution >= 4 is 17.5 Å². The number of carbonyl (C=O) groups excluding carboxylic acids is 1. The summed E-state index contributed by atoms with van der Waals surface area (Å²) in [7, 11) is 0. The molecule has 1 amide bonds. The minimum absolute atomic E-state index is 0.208. The van der Waals surface area contributed by atoms with Gasteiger partial charge in [0.15, 0.2) is 0 Å². The number of nitrogens with zero attached hydrogens (tertiary/aromatic N) is 1. The zero-order valence-electron chi connectivity index (χ0n) is 17.6. The van der Waals surface area contributed by atoms with Crippen molar-refractivity contribution in [2.75, 3.05) is 32.7 Å². The fourth-order valence-corrected chi connectivity index (χ4v) is 5.66. The van der Waals surface area contributed by atoms with Crippen LogP contribution >= 0.6 is 11.6 Å². The maximum atomic E-state index is 12.2. The van der Waals surface area contributed by atoms with Crippen LogP contribution in [0.15, 0.2) is 0 Å². The van der Waals surface area contributed by atoms with Crippen LogP contribution in [0.4, 0.5) is 0 Å². The van der Waals surface area contributed by atoms with E-state index in [1.165, 1.54) is 12.8 Å². The number of aliphatic hydroxyl groups is 1. The molecule has 8 heteroatoms. The van der Waals surface area contributed by atoms with Gasteiger partial charge >= 0.3 is 0 Å². The molecular formula is C21H38ClN5O2. The van der Waals surface area contributed by atoms with Crippen molar-refractivity contribution < 1.29 is 9.90 Å². The van der Waals surface area contributed by atoms with Crippen molar-refractivity contribution in [3.63, 3.8) is 0 Å². The lowest BCUT2D eigenvalue weighted by molar-refractivity contribution is -0.131. The molecule has 4 fully saturated rings. The Labute approximate surface area is 179 Å². The topological polar surface area (TPSA) is 103 Å². The minimum Gasteiger partial charge on any atom is -0.380 e. The number of nitrogens with two attached hydrogens (primary N) is 1. The van der Waals surface area contributed by atoms with Crippen molar-refractivity contribution in [3.8, 4) is 0 Å². The lowest BCUT2D eigenvalue weighted by Gasteiger charge is -2.47. The zero-order valence-corrected chi connectivity index (χ0v) is 18.3. The molecule has 0 aromatic carbocycles. The molecule has 4 rings (SSSR count). The van der Waals surface area contributed by atoms with Crippen LogP contribution in [0.2, 0.25) is 0 Å². The molecule has 2 saturated heterocycles. The number of hydrogen-bond donors (Lipinski definition) is 5. The van der Waals surface area contributed by atoms with Crippen LogP contribution in [0.5, 0.6) is 0 Å². The van der Waals surface area contributed by atoms with Gasteiger partial charge < -0.3 is 21.5 Å². The molecular weight excluding hydrogens is 390 g/mol. The summed E-state index contributed by atoms with van der Waals surface area (Å²) >= 11 is 6.59. The lowest BCUT2D eigenvalue weighted by Crippen LogP contribution is -2.67. The Morgan fingerprint density at radius 2 is 2.14 bits per heavy atom. The molecule has 4 aliphatic rings. The van der Waals surface area contributed by atoms with E-state index in [1.807, 2.05) is 0 Å². The Morgan fingerprint density at radius 3 is 2.79 bits per heavy atom. The molecule has 2 saturated carbocycles. The van der Waals surface area contributed by atoms with Gasteiger partial charge in [-0.2, -0.15) is 0 Å². The van der Waals surface area contributed by atoms with Crippen LogP contribution in [0, 0.1) is 23.7 Å². The molecule has 2 heterocycles. The number of alkyl halides is 1. The molecule has 0 bridgehead atoms. The SMILES string of the molecule is CC1CCC(C2NCC(CNC(=O)C3(O)CC3)C(N3CCC(CN)C3)N2)CC1Cl. The summed E-state index contributed by atoms with van der Waals surface area (Å²) in [4.78, 5) is 14.7. The van der Waals surface area contributed by atoms with Gasteiger partial charge in [-0.25, -0.2) is 0 Å². The molecule has 0 aromatic heterocycles. The molecule has 7 unspecified atom stereocenters. The number of amides is 1. The van der Waals surface area contributed by atoms with Crippen molar-refractivity contribution in [3.05, 3.63) is 0 Å². The smallest absolute Gasteiger partial charge is 0.251 e. The first kappa shape index (κ1) is 21.8. The monoisotopic (exact) mass is 427 g/mol. The van der Waals surface area contributed by atoms with Crippen LogP contribution in [0.3, 0.4) is 0 Å². The molecule has 0 radical (unpaired) electrons. The van der Waals surface area contributed by atoms with E-state index in [-0.39, 0.29) is 29.5 Å². The summed E-state index contributed by atoms with van der Waals surface area (Å²) < 4.78 is 0. The van der Waals surface area contributed by atoms with E-state index in [4.69, 9.17) is 17.3 Å². The normalized spacial score (nSPS) is 42.6. The molecule has 0 aromatic rings. The van der Waals surface area contributed by atoms with Crippen LogP contribution in [-0.4, -0.2) is 71.9 Å². The van der Waals surface area contributed by atoms with E-state index < -0.39 is 5.60 Å². The highest BCUT2D eigenvalue weighted by Crippen LogP contribution is 2.36. The molecule has 7 nitrogen and oxygen atoms in total. The maximum Gasteiger partial charge on any atom is 0.251 e. The van der Waals surface area contributed by atoms with Gasteiger partial charge in [-0.3, -0.25) is 15.0 Å². The highest BCUT2D eigenvalue weighted by molar-refractivity contribution is 6.20. The number of carbonyl (C=O) groups is 1. The van der Waals surface area contributed by atoms with Gasteiger partial charge in [0.1, 0.15) is 5.60 Å². The average Bonchev–Trinajstić information content (AvgIpc) is 3.30. The van der Waals surface area contributed by atoms with Crippen LogP contribution in [0.25, 0.3) is 0 Å². The van der Waals surface area contributed by atoms with Gasteiger partial charge in [0.25, 0.3) is 5.91 Å². The largest absolute Gasteiger partial charge is 0.380 e. The Balaban J connectivity index is 1.39. The average molecular weight is 428 g/mol. The zero-order chi connectivity index (χ0) is 20.6. The quantitative estimate of drug-likeness (QED) is 0.393. The second-order valence-electron chi connectivity index (χ2n) is 9.95. The lowest BCUT2D eigenvalue weighted by atomic mass is 9.80. The minimum atomic E-state index is -1.11. The molecule has 7 atom stereocenters. The molecule has 166 valence electrons. The Hall–Kier alpha value is -0.440. The highest BCUT2D eigenvalue weighted by Gasteiger charge is 2.48. The Morgan fingerprint density at radius 1 is 1.34 bits per heavy atom. The number of likely N-dealkylation sites (tertiary alicyclic amines) is 1. The second kappa shape index (κ2) is 8.97.